The van der Waals surface area contributed by atoms with Gasteiger partial charge in [-0.25, -0.2) is 19.4 Å². The van der Waals surface area contributed by atoms with E-state index in [0.717, 1.165) is 0 Å². The molecule has 2 N–H and O–H groups in total. The molecule has 0 atom stereocenters. The first-order valence-electron chi connectivity index (χ1n) is 6.52. The highest BCUT2D eigenvalue weighted by Gasteiger charge is 2.17. The minimum atomic E-state index is -0.568. The van der Waals surface area contributed by atoms with Crippen LogP contribution >= 0.6 is 0 Å². The molecule has 2 aromatic rings. The number of nitrogens with two attached hydrogens (primary N) is 1. The van der Waals surface area contributed by atoms with E-state index in [-0.39, 0.29) is 24.1 Å². The molecule has 2 heterocycles. The highest BCUT2D eigenvalue weighted by Crippen LogP contribution is 2.16. The Morgan fingerprint density at radius 1 is 1.43 bits per heavy atom. The molecule has 2 rings (SSSR count). The van der Waals surface area contributed by atoms with E-state index < -0.39 is 5.97 Å². The summed E-state index contributed by atoms with van der Waals surface area (Å²) in [5.41, 5.74) is 6.05. The summed E-state index contributed by atoms with van der Waals surface area (Å²) in [6.45, 7) is 5.76. The molecule has 0 fully saturated rings. The van der Waals surface area contributed by atoms with Crippen molar-refractivity contribution in [1.82, 2.24) is 19.7 Å². The van der Waals surface area contributed by atoms with E-state index in [4.69, 9.17) is 15.2 Å². The maximum atomic E-state index is 11.7. The molecule has 0 amide bonds. The van der Waals surface area contributed by atoms with Crippen LogP contribution in [0.3, 0.4) is 0 Å². The second-order valence-electron chi connectivity index (χ2n) is 4.48. The molecule has 0 bridgehead atoms. The summed E-state index contributed by atoms with van der Waals surface area (Å²) < 4.78 is 11.8. The third-order valence-corrected chi connectivity index (χ3v) is 2.43. The van der Waals surface area contributed by atoms with Gasteiger partial charge in [-0.05, 0) is 20.8 Å². The molecule has 0 saturated heterocycles. The van der Waals surface area contributed by atoms with Crippen LogP contribution in [0.4, 0.5) is 5.69 Å². The number of carbonyl (C=O) groups excluding carboxylic acids is 1. The zero-order valence-corrected chi connectivity index (χ0v) is 12.1. The Balaban J connectivity index is 2.30. The Morgan fingerprint density at radius 2 is 2.19 bits per heavy atom. The largest absolute Gasteiger partial charge is 0.475 e. The van der Waals surface area contributed by atoms with Gasteiger partial charge in [-0.15, -0.1) is 0 Å². The molecular weight excluding hydrogens is 274 g/mol. The lowest BCUT2D eigenvalue weighted by Crippen LogP contribution is -2.10. The number of nitrogens with zero attached hydrogens (tertiary/aromatic N) is 4. The topological polar surface area (TPSA) is 105 Å². The number of aromatic nitrogens is 4. The average molecular weight is 291 g/mol. The minimum absolute atomic E-state index is 0.00876. The van der Waals surface area contributed by atoms with E-state index in [0.29, 0.717) is 11.7 Å². The van der Waals surface area contributed by atoms with Crippen LogP contribution in [0.2, 0.25) is 0 Å². The fourth-order valence-electron chi connectivity index (χ4n) is 1.62. The number of esters is 1. The zero-order chi connectivity index (χ0) is 15.4. The van der Waals surface area contributed by atoms with Gasteiger partial charge in [-0.2, -0.15) is 5.10 Å². The van der Waals surface area contributed by atoms with Gasteiger partial charge < -0.3 is 15.2 Å². The van der Waals surface area contributed by atoms with Crippen molar-refractivity contribution in [3.05, 3.63) is 24.3 Å². The SMILES string of the molecule is CCOC(=O)c1nn(-c2cc(OC(C)C)ncn2)cc1N. The molecule has 0 spiro atoms. The maximum Gasteiger partial charge on any atom is 0.361 e. The van der Waals surface area contributed by atoms with Gasteiger partial charge in [0, 0.05) is 6.07 Å². The summed E-state index contributed by atoms with van der Waals surface area (Å²) in [5, 5.41) is 4.09. The lowest BCUT2D eigenvalue weighted by molar-refractivity contribution is 0.0520. The predicted molar refractivity (Wildman–Crippen MR) is 75.3 cm³/mol. The molecule has 21 heavy (non-hydrogen) atoms. The lowest BCUT2D eigenvalue weighted by atomic mass is 10.4. The van der Waals surface area contributed by atoms with Crippen molar-refractivity contribution in [1.29, 1.82) is 0 Å². The number of ether oxygens (including phenoxy) is 2. The molecule has 0 aliphatic heterocycles. The number of hydrogen-bond donors (Lipinski definition) is 1. The van der Waals surface area contributed by atoms with E-state index in [1.54, 1.807) is 13.0 Å². The Hall–Kier alpha value is -2.64. The molecular formula is C13H17N5O3. The molecule has 8 heteroatoms. The normalized spacial score (nSPS) is 10.7. The van der Waals surface area contributed by atoms with Crippen molar-refractivity contribution in [3.63, 3.8) is 0 Å². The standard InChI is InChI=1S/C13H17N5O3/c1-4-20-13(19)12-9(14)6-18(17-12)10-5-11(16-7-15-10)21-8(2)3/h5-8H,4,14H2,1-3H3. The molecule has 0 radical (unpaired) electrons. The third kappa shape index (κ3) is 3.47. The summed E-state index contributed by atoms with van der Waals surface area (Å²) in [7, 11) is 0. The van der Waals surface area contributed by atoms with Gasteiger partial charge >= 0.3 is 5.97 Å². The van der Waals surface area contributed by atoms with Crippen LogP contribution in [-0.2, 0) is 4.74 Å². The number of hydrogen-bond acceptors (Lipinski definition) is 7. The highest BCUT2D eigenvalue weighted by atomic mass is 16.5. The number of rotatable bonds is 5. The van der Waals surface area contributed by atoms with Crippen LogP contribution in [0.1, 0.15) is 31.3 Å². The second-order valence-corrected chi connectivity index (χ2v) is 4.48. The second kappa shape index (κ2) is 6.21. The molecule has 0 unspecified atom stereocenters. The molecule has 0 aliphatic carbocycles. The monoisotopic (exact) mass is 291 g/mol. The van der Waals surface area contributed by atoms with Crippen molar-refractivity contribution in [2.45, 2.75) is 26.9 Å². The van der Waals surface area contributed by atoms with Gasteiger partial charge in [0.05, 0.1) is 24.6 Å². The quantitative estimate of drug-likeness (QED) is 0.825. The van der Waals surface area contributed by atoms with Crippen LogP contribution in [0, 0.1) is 0 Å². The van der Waals surface area contributed by atoms with Gasteiger partial charge in [0.15, 0.2) is 11.5 Å². The zero-order valence-electron chi connectivity index (χ0n) is 12.1. The van der Waals surface area contributed by atoms with Crippen LogP contribution in [0.25, 0.3) is 5.82 Å². The third-order valence-electron chi connectivity index (χ3n) is 2.43. The van der Waals surface area contributed by atoms with Crippen LogP contribution < -0.4 is 10.5 Å². The number of anilines is 1. The summed E-state index contributed by atoms with van der Waals surface area (Å²) >= 11 is 0. The van der Waals surface area contributed by atoms with Gasteiger partial charge in [0.1, 0.15) is 6.33 Å². The van der Waals surface area contributed by atoms with Crippen LogP contribution in [-0.4, -0.2) is 38.4 Å². The first-order chi connectivity index (χ1) is 10.0. The predicted octanol–water partition coefficient (Wildman–Crippen LogP) is 1.21. The summed E-state index contributed by atoms with van der Waals surface area (Å²) in [6, 6.07) is 1.61. The van der Waals surface area contributed by atoms with Crippen LogP contribution in [0.15, 0.2) is 18.6 Å². The first-order valence-corrected chi connectivity index (χ1v) is 6.52. The molecule has 0 aliphatic rings. The van der Waals surface area contributed by atoms with E-state index in [2.05, 4.69) is 15.1 Å². The number of carbonyl (C=O) groups is 1. The summed E-state index contributed by atoms with van der Waals surface area (Å²) in [4.78, 5) is 19.8. The molecule has 0 saturated carbocycles. The molecule has 112 valence electrons. The molecule has 8 nitrogen and oxygen atoms in total. The minimum Gasteiger partial charge on any atom is -0.475 e. The average Bonchev–Trinajstić information content (AvgIpc) is 2.81. The van der Waals surface area contributed by atoms with E-state index in [9.17, 15) is 4.79 Å². The molecule has 0 aromatic carbocycles. The Bertz CT molecular complexity index is 638. The maximum absolute atomic E-state index is 11.7. The van der Waals surface area contributed by atoms with Crippen molar-refractivity contribution in [2.24, 2.45) is 0 Å². The fourth-order valence-corrected chi connectivity index (χ4v) is 1.62. The van der Waals surface area contributed by atoms with Crippen molar-refractivity contribution in [3.8, 4) is 11.7 Å². The highest BCUT2D eigenvalue weighted by molar-refractivity contribution is 5.92. The fraction of sp³-hybridized carbons (Fsp3) is 0.385. The Morgan fingerprint density at radius 3 is 2.86 bits per heavy atom. The Kier molecular flexibility index (Phi) is 4.36. The van der Waals surface area contributed by atoms with Gasteiger partial charge in [-0.1, -0.05) is 0 Å². The first kappa shape index (κ1) is 14.8. The lowest BCUT2D eigenvalue weighted by Gasteiger charge is -2.08. The van der Waals surface area contributed by atoms with Crippen molar-refractivity contribution < 1.29 is 14.3 Å². The molecule has 2 aromatic heterocycles. The number of nitrogen functional groups attached to an aromatic ring is 1. The van der Waals surface area contributed by atoms with E-state index in [1.165, 1.54) is 17.2 Å². The van der Waals surface area contributed by atoms with Crippen molar-refractivity contribution >= 4 is 11.7 Å². The van der Waals surface area contributed by atoms with Gasteiger partial charge in [-0.3, -0.25) is 0 Å². The Labute approximate surface area is 121 Å². The van der Waals surface area contributed by atoms with Crippen LogP contribution in [0.5, 0.6) is 5.88 Å². The summed E-state index contributed by atoms with van der Waals surface area (Å²) in [5.74, 6) is 0.297. The van der Waals surface area contributed by atoms with Crippen molar-refractivity contribution in [2.75, 3.05) is 12.3 Å². The van der Waals surface area contributed by atoms with E-state index >= 15 is 0 Å². The van der Waals surface area contributed by atoms with Gasteiger partial charge in [0.25, 0.3) is 0 Å². The summed E-state index contributed by atoms with van der Waals surface area (Å²) in [6.07, 6.45) is 2.84. The van der Waals surface area contributed by atoms with E-state index in [1.807, 2.05) is 13.8 Å². The van der Waals surface area contributed by atoms with Gasteiger partial charge in [0.2, 0.25) is 5.88 Å². The smallest absolute Gasteiger partial charge is 0.361 e.